The molecule has 2 aliphatic rings. The van der Waals surface area contributed by atoms with Crippen LogP contribution in [0.25, 0.3) is 0 Å². The summed E-state index contributed by atoms with van der Waals surface area (Å²) in [6, 6.07) is 2.74. The van der Waals surface area contributed by atoms with Crippen molar-refractivity contribution in [2.24, 2.45) is 11.3 Å². The molecule has 0 spiro atoms. The number of rotatable bonds is 3. The maximum absolute atomic E-state index is 10.7. The number of nitriles is 1. The minimum Gasteiger partial charge on any atom is -0.389 e. The van der Waals surface area contributed by atoms with Crippen molar-refractivity contribution in [3.63, 3.8) is 0 Å². The molecule has 2 atom stereocenters. The van der Waals surface area contributed by atoms with Crippen molar-refractivity contribution in [2.45, 2.75) is 83.3 Å². The van der Waals surface area contributed by atoms with Crippen molar-refractivity contribution in [2.75, 3.05) is 6.54 Å². The zero-order chi connectivity index (χ0) is 14.6. The largest absolute Gasteiger partial charge is 0.389 e. The molecule has 3 nitrogen and oxygen atoms in total. The van der Waals surface area contributed by atoms with Gasteiger partial charge in [-0.2, -0.15) is 5.26 Å². The van der Waals surface area contributed by atoms with E-state index in [0.717, 1.165) is 38.5 Å². The van der Waals surface area contributed by atoms with E-state index in [-0.39, 0.29) is 12.0 Å². The molecule has 0 aromatic carbocycles. The third-order valence-corrected chi connectivity index (χ3v) is 5.41. The number of nitrogens with zero attached hydrogens (tertiary/aromatic N) is 1. The number of hydrogen-bond donors (Lipinski definition) is 2. The lowest BCUT2D eigenvalue weighted by atomic mass is 9.71. The molecule has 0 heterocycles. The van der Waals surface area contributed by atoms with Crippen molar-refractivity contribution in [3.8, 4) is 6.07 Å². The summed E-state index contributed by atoms with van der Waals surface area (Å²) >= 11 is 0. The van der Waals surface area contributed by atoms with Crippen LogP contribution in [-0.2, 0) is 0 Å². The van der Waals surface area contributed by atoms with Crippen LogP contribution >= 0.6 is 0 Å². The first kappa shape index (κ1) is 15.8. The molecule has 0 aromatic heterocycles. The molecule has 0 aromatic rings. The summed E-state index contributed by atoms with van der Waals surface area (Å²) in [6.07, 6.45) is 9.69. The Hall–Kier alpha value is -0.590. The van der Waals surface area contributed by atoms with Crippen LogP contribution in [0.2, 0.25) is 0 Å². The second-order valence-electron chi connectivity index (χ2n) is 7.75. The number of nitrogens with one attached hydrogen (secondary N) is 1. The predicted molar refractivity (Wildman–Crippen MR) is 81.2 cm³/mol. The van der Waals surface area contributed by atoms with Crippen molar-refractivity contribution < 1.29 is 5.11 Å². The highest BCUT2D eigenvalue weighted by Gasteiger charge is 2.37. The topological polar surface area (TPSA) is 56.0 Å². The minimum absolute atomic E-state index is 0.126. The molecule has 2 fully saturated rings. The van der Waals surface area contributed by atoms with Gasteiger partial charge in [-0.05, 0) is 43.9 Å². The third kappa shape index (κ3) is 4.20. The lowest BCUT2D eigenvalue weighted by molar-refractivity contribution is -0.0269. The Kier molecular flexibility index (Phi) is 5.09. The highest BCUT2D eigenvalue weighted by Crippen LogP contribution is 2.40. The molecule has 2 saturated carbocycles. The summed E-state index contributed by atoms with van der Waals surface area (Å²) in [6.45, 7) is 5.24. The maximum atomic E-state index is 10.7. The highest BCUT2D eigenvalue weighted by molar-refractivity contribution is 4.96. The zero-order valence-corrected chi connectivity index (χ0v) is 13.1. The molecule has 3 heteroatoms. The lowest BCUT2D eigenvalue weighted by Gasteiger charge is -2.41. The van der Waals surface area contributed by atoms with Gasteiger partial charge >= 0.3 is 0 Å². The molecular weight excluding hydrogens is 248 g/mol. The highest BCUT2D eigenvalue weighted by atomic mass is 16.3. The van der Waals surface area contributed by atoms with Gasteiger partial charge in [-0.1, -0.05) is 33.1 Å². The SMILES string of the molecule is CC1(C)CCC(O)(CNC2CCCCCC2C#N)CC1. The molecule has 2 N–H and O–H groups in total. The molecule has 0 amide bonds. The Morgan fingerprint density at radius 2 is 1.75 bits per heavy atom. The van der Waals surface area contributed by atoms with E-state index in [9.17, 15) is 10.4 Å². The fraction of sp³-hybridized carbons (Fsp3) is 0.941. The van der Waals surface area contributed by atoms with Crippen LogP contribution in [0.3, 0.4) is 0 Å². The summed E-state index contributed by atoms with van der Waals surface area (Å²) in [5, 5.41) is 23.5. The van der Waals surface area contributed by atoms with E-state index in [2.05, 4.69) is 25.2 Å². The van der Waals surface area contributed by atoms with Gasteiger partial charge in [0.15, 0.2) is 0 Å². The van der Waals surface area contributed by atoms with Crippen molar-refractivity contribution in [3.05, 3.63) is 0 Å². The zero-order valence-electron chi connectivity index (χ0n) is 13.1. The van der Waals surface area contributed by atoms with E-state index in [1.807, 2.05) is 0 Å². The lowest BCUT2D eigenvalue weighted by Crippen LogP contribution is -2.49. The smallest absolute Gasteiger partial charge is 0.0772 e. The van der Waals surface area contributed by atoms with E-state index in [1.54, 1.807) is 0 Å². The second kappa shape index (κ2) is 6.45. The van der Waals surface area contributed by atoms with E-state index in [0.29, 0.717) is 12.0 Å². The van der Waals surface area contributed by atoms with Crippen molar-refractivity contribution in [1.82, 2.24) is 5.32 Å². The first-order valence-corrected chi connectivity index (χ1v) is 8.30. The van der Waals surface area contributed by atoms with Gasteiger partial charge in [0.25, 0.3) is 0 Å². The fourth-order valence-electron chi connectivity index (χ4n) is 3.60. The average molecular weight is 278 g/mol. The first-order chi connectivity index (χ1) is 9.44. The van der Waals surface area contributed by atoms with Crippen LogP contribution in [0, 0.1) is 22.7 Å². The van der Waals surface area contributed by atoms with Gasteiger partial charge in [-0.15, -0.1) is 0 Å². The van der Waals surface area contributed by atoms with Crippen LogP contribution in [0.15, 0.2) is 0 Å². The predicted octanol–water partition coefficient (Wildman–Crippen LogP) is 3.38. The Bertz CT molecular complexity index is 348. The van der Waals surface area contributed by atoms with Crippen LogP contribution in [0.4, 0.5) is 0 Å². The van der Waals surface area contributed by atoms with Crippen molar-refractivity contribution >= 4 is 0 Å². The molecular formula is C17H30N2O. The maximum Gasteiger partial charge on any atom is 0.0772 e. The molecule has 0 radical (unpaired) electrons. The third-order valence-electron chi connectivity index (χ3n) is 5.41. The number of aliphatic hydroxyl groups is 1. The number of hydrogen-bond acceptors (Lipinski definition) is 3. The molecule has 0 saturated heterocycles. The summed E-state index contributed by atoms with van der Waals surface area (Å²) in [7, 11) is 0. The average Bonchev–Trinajstić information content (AvgIpc) is 2.65. The summed E-state index contributed by atoms with van der Waals surface area (Å²) in [5.41, 5.74) is -0.175. The second-order valence-corrected chi connectivity index (χ2v) is 7.75. The molecule has 20 heavy (non-hydrogen) atoms. The molecule has 2 aliphatic carbocycles. The quantitative estimate of drug-likeness (QED) is 0.778. The Balaban J connectivity index is 1.86. The van der Waals surface area contributed by atoms with E-state index in [1.165, 1.54) is 19.3 Å². The Morgan fingerprint density at radius 1 is 1.10 bits per heavy atom. The standard InChI is InChI=1S/C17H30N2O/c1-16(2)8-10-17(20,11-9-16)13-19-15-7-5-3-4-6-14(15)12-18/h14-15,19-20H,3-11,13H2,1-2H3. The summed E-state index contributed by atoms with van der Waals surface area (Å²) in [4.78, 5) is 0. The monoisotopic (exact) mass is 278 g/mol. The van der Waals surface area contributed by atoms with E-state index < -0.39 is 5.60 Å². The van der Waals surface area contributed by atoms with Gasteiger partial charge in [0, 0.05) is 12.6 Å². The summed E-state index contributed by atoms with van der Waals surface area (Å²) < 4.78 is 0. The van der Waals surface area contributed by atoms with Gasteiger partial charge < -0.3 is 10.4 Å². The van der Waals surface area contributed by atoms with Crippen LogP contribution in [0.5, 0.6) is 0 Å². The van der Waals surface area contributed by atoms with E-state index >= 15 is 0 Å². The molecule has 2 unspecified atom stereocenters. The molecule has 2 rings (SSSR count). The van der Waals surface area contributed by atoms with Gasteiger partial charge in [-0.25, -0.2) is 0 Å². The Labute approximate surface area is 123 Å². The normalized spacial score (nSPS) is 33.1. The van der Waals surface area contributed by atoms with E-state index in [4.69, 9.17) is 0 Å². The minimum atomic E-state index is -0.554. The Morgan fingerprint density at radius 3 is 2.40 bits per heavy atom. The van der Waals surface area contributed by atoms with Gasteiger partial charge in [-0.3, -0.25) is 0 Å². The van der Waals surface area contributed by atoms with Gasteiger partial charge in [0.1, 0.15) is 0 Å². The fourth-order valence-corrected chi connectivity index (χ4v) is 3.60. The summed E-state index contributed by atoms with van der Waals surface area (Å²) in [5.74, 6) is 0.126. The first-order valence-electron chi connectivity index (χ1n) is 8.30. The van der Waals surface area contributed by atoms with Crippen LogP contribution < -0.4 is 5.32 Å². The van der Waals surface area contributed by atoms with Gasteiger partial charge in [0.2, 0.25) is 0 Å². The van der Waals surface area contributed by atoms with Crippen LogP contribution in [-0.4, -0.2) is 23.3 Å². The molecule has 114 valence electrons. The van der Waals surface area contributed by atoms with Crippen molar-refractivity contribution in [1.29, 1.82) is 5.26 Å². The molecule has 0 bridgehead atoms. The van der Waals surface area contributed by atoms with Gasteiger partial charge in [0.05, 0.1) is 17.6 Å². The van der Waals surface area contributed by atoms with Crippen LogP contribution in [0.1, 0.15) is 71.6 Å². The molecule has 0 aliphatic heterocycles.